The van der Waals surface area contributed by atoms with Gasteiger partial charge in [0.1, 0.15) is 0 Å². The average Bonchev–Trinajstić information content (AvgIpc) is 3.01. The number of nitrogens with zero attached hydrogens (tertiary/aromatic N) is 1. The van der Waals surface area contributed by atoms with Gasteiger partial charge >= 0.3 is 0 Å². The number of likely N-dealkylation sites (tertiary alicyclic amines) is 1. The topological polar surface area (TPSA) is 66.5 Å². The van der Waals surface area contributed by atoms with E-state index in [1.54, 1.807) is 0 Å². The summed E-state index contributed by atoms with van der Waals surface area (Å²) in [7, 11) is -3.41. The Bertz CT molecular complexity index is 881. The fourth-order valence-corrected chi connectivity index (χ4v) is 4.71. The van der Waals surface area contributed by atoms with Crippen molar-refractivity contribution in [2.45, 2.75) is 25.5 Å². The highest BCUT2D eigenvalue weighted by atomic mass is 32.2. The van der Waals surface area contributed by atoms with Crippen molar-refractivity contribution in [2.75, 3.05) is 19.6 Å². The van der Waals surface area contributed by atoms with E-state index >= 15 is 0 Å². The number of hydrogen-bond donors (Lipinski definition) is 1. The quantitative estimate of drug-likeness (QED) is 0.758. The number of rotatable bonds is 8. The van der Waals surface area contributed by atoms with Gasteiger partial charge in [-0.3, -0.25) is 4.79 Å². The summed E-state index contributed by atoms with van der Waals surface area (Å²) in [6.07, 6.45) is 1.22. The lowest BCUT2D eigenvalue weighted by Gasteiger charge is -2.17. The van der Waals surface area contributed by atoms with Crippen molar-refractivity contribution in [2.24, 2.45) is 5.92 Å². The highest BCUT2D eigenvalue weighted by Crippen LogP contribution is 2.18. The van der Waals surface area contributed by atoms with Gasteiger partial charge in [0.05, 0.1) is 5.75 Å². The van der Waals surface area contributed by atoms with Crippen LogP contribution in [0.2, 0.25) is 0 Å². The Balaban J connectivity index is 1.48. The van der Waals surface area contributed by atoms with Crippen LogP contribution >= 0.6 is 0 Å². The fourth-order valence-electron chi connectivity index (χ4n) is 3.39. The van der Waals surface area contributed by atoms with Gasteiger partial charge in [0, 0.05) is 26.1 Å². The summed E-state index contributed by atoms with van der Waals surface area (Å²) in [6, 6.07) is 17.6. The molecule has 1 aliphatic rings. The normalized spacial score (nSPS) is 17.4. The van der Waals surface area contributed by atoms with Gasteiger partial charge in [0.15, 0.2) is 0 Å². The molecule has 0 aromatic heterocycles. The molecule has 1 amide bonds. The summed E-state index contributed by atoms with van der Waals surface area (Å²) in [5.74, 6) is 0.104. The number of benzene rings is 2. The summed E-state index contributed by atoms with van der Waals surface area (Å²) in [5, 5.41) is 0. The van der Waals surface area contributed by atoms with E-state index < -0.39 is 10.0 Å². The molecule has 0 radical (unpaired) electrons. The molecule has 2 aromatic carbocycles. The first kappa shape index (κ1) is 19.6. The minimum absolute atomic E-state index is 0.0277. The predicted octanol–water partition coefficient (Wildman–Crippen LogP) is 2.51. The molecule has 1 saturated heterocycles. The second kappa shape index (κ2) is 8.67. The molecule has 27 heavy (non-hydrogen) atoms. The van der Waals surface area contributed by atoms with E-state index in [0.717, 1.165) is 17.5 Å². The number of sulfonamides is 1. The predicted molar refractivity (Wildman–Crippen MR) is 107 cm³/mol. The summed E-state index contributed by atoms with van der Waals surface area (Å²) in [6.45, 7) is 3.50. The highest BCUT2D eigenvalue weighted by molar-refractivity contribution is 7.88. The van der Waals surface area contributed by atoms with E-state index in [4.69, 9.17) is 0 Å². The number of amides is 1. The Kier molecular flexibility index (Phi) is 6.29. The lowest BCUT2D eigenvalue weighted by Crippen LogP contribution is -2.32. The third-order valence-electron chi connectivity index (χ3n) is 5.01. The lowest BCUT2D eigenvalue weighted by molar-refractivity contribution is -0.127. The van der Waals surface area contributed by atoms with Crippen molar-refractivity contribution in [1.29, 1.82) is 0 Å². The van der Waals surface area contributed by atoms with Gasteiger partial charge < -0.3 is 4.90 Å². The van der Waals surface area contributed by atoms with Crippen LogP contribution in [0.3, 0.4) is 0 Å². The summed E-state index contributed by atoms with van der Waals surface area (Å²) in [5.41, 5.74) is 2.97. The first-order valence-electron chi connectivity index (χ1n) is 9.26. The second-order valence-corrected chi connectivity index (χ2v) is 8.99. The van der Waals surface area contributed by atoms with Crippen LogP contribution in [0.15, 0.2) is 54.6 Å². The monoisotopic (exact) mass is 386 g/mol. The van der Waals surface area contributed by atoms with Crippen LogP contribution in [-0.2, 0) is 27.0 Å². The second-order valence-electron chi connectivity index (χ2n) is 7.18. The van der Waals surface area contributed by atoms with Gasteiger partial charge in [-0.25, -0.2) is 13.1 Å². The van der Waals surface area contributed by atoms with E-state index in [1.807, 2.05) is 54.3 Å². The number of carbonyl (C=O) groups excluding carboxylic acids is 1. The molecule has 1 aliphatic heterocycles. The van der Waals surface area contributed by atoms with Gasteiger partial charge in [0.25, 0.3) is 0 Å². The van der Waals surface area contributed by atoms with E-state index in [0.29, 0.717) is 26.1 Å². The lowest BCUT2D eigenvalue weighted by atomic mass is 10.1. The number of nitrogens with one attached hydrogen (secondary N) is 1. The Labute approximate surface area is 161 Å². The molecule has 0 saturated carbocycles. The molecule has 1 heterocycles. The van der Waals surface area contributed by atoms with Gasteiger partial charge in [0.2, 0.25) is 15.9 Å². The maximum absolute atomic E-state index is 12.4. The maximum Gasteiger partial charge on any atom is 0.222 e. The van der Waals surface area contributed by atoms with Gasteiger partial charge in [-0.2, -0.15) is 0 Å². The molecule has 1 atom stereocenters. The van der Waals surface area contributed by atoms with Gasteiger partial charge in [-0.1, -0.05) is 54.6 Å². The zero-order valence-electron chi connectivity index (χ0n) is 15.6. The molecule has 6 heteroatoms. The van der Waals surface area contributed by atoms with Crippen LogP contribution < -0.4 is 4.72 Å². The molecule has 1 N–H and O–H groups in total. The Morgan fingerprint density at radius 2 is 1.78 bits per heavy atom. The molecule has 1 unspecified atom stereocenters. The van der Waals surface area contributed by atoms with Crippen LogP contribution in [-0.4, -0.2) is 38.9 Å². The zero-order valence-corrected chi connectivity index (χ0v) is 16.4. The van der Waals surface area contributed by atoms with Crippen molar-refractivity contribution >= 4 is 15.9 Å². The molecule has 3 rings (SSSR count). The van der Waals surface area contributed by atoms with Crippen LogP contribution in [0, 0.1) is 12.8 Å². The summed E-state index contributed by atoms with van der Waals surface area (Å²) >= 11 is 0. The third-order valence-corrected chi connectivity index (χ3v) is 6.30. The minimum atomic E-state index is -3.41. The SMILES string of the molecule is Cc1ccccc1CS(=O)(=O)NCC1CC(=O)N(CCc2ccccc2)C1. The third kappa shape index (κ3) is 5.65. The number of hydrogen-bond acceptors (Lipinski definition) is 3. The van der Waals surface area contributed by atoms with Crippen LogP contribution in [0.25, 0.3) is 0 Å². The van der Waals surface area contributed by atoms with Crippen molar-refractivity contribution in [3.8, 4) is 0 Å². The van der Waals surface area contributed by atoms with E-state index in [9.17, 15) is 13.2 Å². The molecular weight excluding hydrogens is 360 g/mol. The Morgan fingerprint density at radius 3 is 2.52 bits per heavy atom. The molecule has 1 fully saturated rings. The van der Waals surface area contributed by atoms with Gasteiger partial charge in [-0.05, 0) is 36.0 Å². The molecule has 144 valence electrons. The molecular formula is C21H26N2O3S. The first-order valence-corrected chi connectivity index (χ1v) is 10.9. The fraction of sp³-hybridized carbons (Fsp3) is 0.381. The molecule has 2 aromatic rings. The smallest absolute Gasteiger partial charge is 0.222 e. The average molecular weight is 387 g/mol. The van der Waals surface area contributed by atoms with E-state index in [-0.39, 0.29) is 17.6 Å². The molecule has 5 nitrogen and oxygen atoms in total. The summed E-state index contributed by atoms with van der Waals surface area (Å²) in [4.78, 5) is 14.1. The first-order chi connectivity index (χ1) is 12.9. The molecule has 0 bridgehead atoms. The van der Waals surface area contributed by atoms with E-state index in [2.05, 4.69) is 16.9 Å². The zero-order chi connectivity index (χ0) is 19.3. The maximum atomic E-state index is 12.4. The highest BCUT2D eigenvalue weighted by Gasteiger charge is 2.30. The summed E-state index contributed by atoms with van der Waals surface area (Å²) < 4.78 is 27.4. The van der Waals surface area contributed by atoms with Crippen molar-refractivity contribution in [3.05, 3.63) is 71.3 Å². The van der Waals surface area contributed by atoms with Gasteiger partial charge in [-0.15, -0.1) is 0 Å². The van der Waals surface area contributed by atoms with Crippen molar-refractivity contribution in [1.82, 2.24) is 9.62 Å². The molecule has 0 aliphatic carbocycles. The van der Waals surface area contributed by atoms with Crippen molar-refractivity contribution in [3.63, 3.8) is 0 Å². The van der Waals surface area contributed by atoms with Crippen LogP contribution in [0.4, 0.5) is 0 Å². The van der Waals surface area contributed by atoms with Crippen LogP contribution in [0.5, 0.6) is 0 Å². The van der Waals surface area contributed by atoms with Crippen molar-refractivity contribution < 1.29 is 13.2 Å². The van der Waals surface area contributed by atoms with Crippen LogP contribution in [0.1, 0.15) is 23.1 Å². The largest absolute Gasteiger partial charge is 0.342 e. The number of carbonyl (C=O) groups is 1. The molecule has 0 spiro atoms. The van der Waals surface area contributed by atoms with E-state index in [1.165, 1.54) is 5.56 Å². The minimum Gasteiger partial charge on any atom is -0.342 e. The standard InChI is InChI=1S/C21H26N2O3S/c1-17-7-5-6-10-20(17)16-27(25,26)22-14-19-13-21(24)23(15-19)12-11-18-8-3-2-4-9-18/h2-10,19,22H,11-16H2,1H3. The Morgan fingerprint density at radius 1 is 1.07 bits per heavy atom. The Hall–Kier alpha value is -2.18. The number of aryl methyl sites for hydroxylation is 1.